The molecule has 29 heavy (non-hydrogen) atoms. The van der Waals surface area contributed by atoms with Crippen LogP contribution in [0.2, 0.25) is 15.1 Å². The first-order valence-electron chi connectivity index (χ1n) is 9.02. The van der Waals surface area contributed by atoms with Crippen molar-refractivity contribution in [3.05, 3.63) is 80.2 Å². The first-order chi connectivity index (χ1) is 13.7. The first kappa shape index (κ1) is 21.6. The summed E-state index contributed by atoms with van der Waals surface area (Å²) in [7, 11) is 0. The van der Waals surface area contributed by atoms with Crippen LogP contribution in [-0.2, 0) is 6.61 Å². The molecule has 1 heterocycles. The number of anilines is 1. The molecule has 7 heteroatoms. The molecule has 0 aliphatic carbocycles. The number of ether oxygens (including phenoxy) is 1. The van der Waals surface area contributed by atoms with Crippen LogP contribution >= 0.6 is 34.8 Å². The molecule has 3 rings (SSSR count). The number of amides is 1. The number of carbonyl (C=O) groups excluding carboxylic acids is 1. The molecule has 0 saturated heterocycles. The van der Waals surface area contributed by atoms with Crippen LogP contribution in [0.15, 0.2) is 46.9 Å². The number of nitrogens with one attached hydrogen (secondary N) is 1. The maximum absolute atomic E-state index is 12.4. The van der Waals surface area contributed by atoms with E-state index in [1.54, 1.807) is 30.3 Å². The number of hydrogen-bond acceptors (Lipinski definition) is 3. The third kappa shape index (κ3) is 5.27. The summed E-state index contributed by atoms with van der Waals surface area (Å²) in [5.41, 5.74) is 2.48. The second-order valence-corrected chi connectivity index (χ2v) is 8.15. The summed E-state index contributed by atoms with van der Waals surface area (Å²) in [6.07, 6.45) is 0. The number of furan rings is 1. The fraction of sp³-hybridized carbons (Fsp3) is 0.227. The van der Waals surface area contributed by atoms with Crippen LogP contribution in [-0.4, -0.2) is 5.91 Å². The molecule has 0 aliphatic rings. The van der Waals surface area contributed by atoms with E-state index in [0.29, 0.717) is 26.5 Å². The highest BCUT2D eigenvalue weighted by Gasteiger charge is 2.15. The lowest BCUT2D eigenvalue weighted by Crippen LogP contribution is -2.10. The number of aryl methyl sites for hydroxylation is 1. The van der Waals surface area contributed by atoms with Gasteiger partial charge in [-0.3, -0.25) is 4.79 Å². The van der Waals surface area contributed by atoms with Crippen molar-refractivity contribution in [3.63, 3.8) is 0 Å². The summed E-state index contributed by atoms with van der Waals surface area (Å²) in [5.74, 6) is 1.32. The van der Waals surface area contributed by atoms with Gasteiger partial charge in [-0.1, -0.05) is 48.7 Å². The van der Waals surface area contributed by atoms with Gasteiger partial charge in [0.05, 0.1) is 10.0 Å². The van der Waals surface area contributed by atoms with Gasteiger partial charge in [0.1, 0.15) is 18.1 Å². The van der Waals surface area contributed by atoms with E-state index in [4.69, 9.17) is 44.0 Å². The van der Waals surface area contributed by atoms with Crippen LogP contribution in [0.25, 0.3) is 0 Å². The molecular formula is C22H20Cl3NO3. The van der Waals surface area contributed by atoms with E-state index in [0.717, 1.165) is 16.9 Å². The van der Waals surface area contributed by atoms with Gasteiger partial charge in [-0.25, -0.2) is 0 Å². The lowest BCUT2D eigenvalue weighted by molar-refractivity contribution is 0.0992. The Bertz CT molecular complexity index is 1040. The molecule has 0 atom stereocenters. The average Bonchev–Trinajstić information content (AvgIpc) is 3.14. The molecule has 0 bridgehead atoms. The lowest BCUT2D eigenvalue weighted by atomic mass is 10.0. The van der Waals surface area contributed by atoms with Crippen molar-refractivity contribution < 1.29 is 13.9 Å². The number of halogens is 3. The van der Waals surface area contributed by atoms with Gasteiger partial charge in [0.2, 0.25) is 0 Å². The molecule has 1 aromatic heterocycles. The first-order valence-corrected chi connectivity index (χ1v) is 10.2. The lowest BCUT2D eigenvalue weighted by Gasteiger charge is -2.15. The Kier molecular flexibility index (Phi) is 6.78. The van der Waals surface area contributed by atoms with E-state index < -0.39 is 0 Å². The zero-order valence-electron chi connectivity index (χ0n) is 16.2. The van der Waals surface area contributed by atoms with Crippen molar-refractivity contribution in [2.45, 2.75) is 33.3 Å². The maximum atomic E-state index is 12.4. The van der Waals surface area contributed by atoms with Crippen LogP contribution in [0.3, 0.4) is 0 Å². The average molecular weight is 453 g/mol. The molecule has 1 N–H and O–H groups in total. The van der Waals surface area contributed by atoms with Gasteiger partial charge < -0.3 is 14.5 Å². The van der Waals surface area contributed by atoms with Gasteiger partial charge in [-0.2, -0.15) is 0 Å². The fourth-order valence-corrected chi connectivity index (χ4v) is 3.21. The summed E-state index contributed by atoms with van der Waals surface area (Å²) in [5, 5.41) is 4.20. The number of rotatable bonds is 6. The Morgan fingerprint density at radius 3 is 2.48 bits per heavy atom. The molecule has 2 aromatic carbocycles. The minimum absolute atomic E-state index is 0.172. The van der Waals surface area contributed by atoms with E-state index in [-0.39, 0.29) is 24.2 Å². The molecule has 0 fully saturated rings. The highest BCUT2D eigenvalue weighted by Crippen LogP contribution is 2.32. The van der Waals surface area contributed by atoms with Crippen molar-refractivity contribution >= 4 is 46.4 Å². The van der Waals surface area contributed by atoms with E-state index in [1.165, 1.54) is 0 Å². The molecule has 1 amide bonds. The third-order valence-corrected chi connectivity index (χ3v) is 5.49. The second kappa shape index (κ2) is 9.12. The van der Waals surface area contributed by atoms with Gasteiger partial charge in [0.15, 0.2) is 5.76 Å². The summed E-state index contributed by atoms with van der Waals surface area (Å²) in [6.45, 7) is 6.27. The predicted octanol–water partition coefficient (Wildman–Crippen LogP) is 7.50. The molecular weight excluding hydrogens is 433 g/mol. The SMILES string of the molecule is Cc1cc(OCc2ccc(C(=O)Nc3ccc(Cl)c(Cl)c3)o2)c(C(C)C)cc1Cl. The summed E-state index contributed by atoms with van der Waals surface area (Å²) < 4.78 is 11.6. The zero-order valence-corrected chi connectivity index (χ0v) is 18.5. The van der Waals surface area contributed by atoms with Crippen LogP contribution in [0.1, 0.15) is 47.2 Å². The van der Waals surface area contributed by atoms with E-state index in [1.807, 2.05) is 19.1 Å². The molecule has 152 valence electrons. The summed E-state index contributed by atoms with van der Waals surface area (Å²) >= 11 is 18.1. The van der Waals surface area contributed by atoms with Crippen LogP contribution < -0.4 is 10.1 Å². The van der Waals surface area contributed by atoms with E-state index in [9.17, 15) is 4.79 Å². The molecule has 3 aromatic rings. The minimum atomic E-state index is -0.389. The Hall–Kier alpha value is -2.14. The van der Waals surface area contributed by atoms with Crippen molar-refractivity contribution in [1.29, 1.82) is 0 Å². The van der Waals surface area contributed by atoms with Gasteiger partial charge in [0, 0.05) is 10.7 Å². The van der Waals surface area contributed by atoms with Gasteiger partial charge in [0.25, 0.3) is 5.91 Å². The molecule has 0 saturated carbocycles. The monoisotopic (exact) mass is 451 g/mol. The zero-order chi connectivity index (χ0) is 21.1. The Balaban J connectivity index is 1.68. The van der Waals surface area contributed by atoms with Gasteiger partial charge >= 0.3 is 0 Å². The second-order valence-electron chi connectivity index (χ2n) is 6.93. The van der Waals surface area contributed by atoms with E-state index >= 15 is 0 Å². The minimum Gasteiger partial charge on any atom is -0.485 e. The summed E-state index contributed by atoms with van der Waals surface area (Å²) in [6, 6.07) is 12.0. The maximum Gasteiger partial charge on any atom is 0.291 e. The number of carbonyl (C=O) groups is 1. The van der Waals surface area contributed by atoms with Crippen molar-refractivity contribution in [3.8, 4) is 5.75 Å². The summed E-state index contributed by atoms with van der Waals surface area (Å²) in [4.78, 5) is 12.4. The Morgan fingerprint density at radius 1 is 1.03 bits per heavy atom. The molecule has 0 spiro atoms. The Labute approximate surface area is 184 Å². The van der Waals surface area contributed by atoms with Crippen molar-refractivity contribution in [1.82, 2.24) is 0 Å². The van der Waals surface area contributed by atoms with Crippen LogP contribution in [0.4, 0.5) is 5.69 Å². The van der Waals surface area contributed by atoms with Crippen molar-refractivity contribution in [2.75, 3.05) is 5.32 Å². The quantitative estimate of drug-likeness (QED) is 0.421. The molecule has 0 aliphatic heterocycles. The van der Waals surface area contributed by atoms with Crippen molar-refractivity contribution in [2.24, 2.45) is 0 Å². The number of benzene rings is 2. The Morgan fingerprint density at radius 2 is 1.79 bits per heavy atom. The topological polar surface area (TPSA) is 51.5 Å². The van der Waals surface area contributed by atoms with Gasteiger partial charge in [-0.15, -0.1) is 0 Å². The molecule has 0 radical (unpaired) electrons. The largest absolute Gasteiger partial charge is 0.485 e. The normalized spacial score (nSPS) is 11.0. The standard InChI is InChI=1S/C22H20Cl3NO3/c1-12(2)16-10-18(24)13(3)8-21(16)28-11-15-5-7-20(29-15)22(27)26-14-4-6-17(23)19(25)9-14/h4-10,12H,11H2,1-3H3,(H,26,27). The predicted molar refractivity (Wildman–Crippen MR) is 118 cm³/mol. The highest BCUT2D eigenvalue weighted by atomic mass is 35.5. The molecule has 4 nitrogen and oxygen atoms in total. The van der Waals surface area contributed by atoms with Gasteiger partial charge in [-0.05, 0) is 66.4 Å². The highest BCUT2D eigenvalue weighted by molar-refractivity contribution is 6.42. The third-order valence-electron chi connectivity index (χ3n) is 4.35. The van der Waals surface area contributed by atoms with Crippen LogP contribution in [0, 0.1) is 6.92 Å². The fourth-order valence-electron chi connectivity index (χ4n) is 2.74. The molecule has 0 unspecified atom stereocenters. The number of hydrogen-bond donors (Lipinski definition) is 1. The van der Waals surface area contributed by atoms with Crippen LogP contribution in [0.5, 0.6) is 5.75 Å². The smallest absolute Gasteiger partial charge is 0.291 e. The van der Waals surface area contributed by atoms with E-state index in [2.05, 4.69) is 19.2 Å².